The molecule has 30 heavy (non-hydrogen) atoms. The summed E-state index contributed by atoms with van der Waals surface area (Å²) in [6, 6.07) is 19.2. The molecule has 8 heteroatoms. The fourth-order valence-electron chi connectivity index (χ4n) is 2.89. The molecule has 2 amide bonds. The number of fused-ring (bicyclic) bond motifs is 1. The molecule has 0 unspecified atom stereocenters. The number of urea groups is 1. The first-order valence-electron chi connectivity index (χ1n) is 8.95. The number of amides is 2. The molecule has 0 spiro atoms. The molecule has 3 aromatic carbocycles. The first-order valence-corrected chi connectivity index (χ1v) is 10.1. The molecule has 0 fully saturated rings. The summed E-state index contributed by atoms with van der Waals surface area (Å²) in [5, 5.41) is 6.72. The third-order valence-electron chi connectivity index (χ3n) is 4.29. The number of ether oxygens (including phenoxy) is 1. The molecule has 0 aliphatic carbocycles. The Morgan fingerprint density at radius 3 is 2.47 bits per heavy atom. The van der Waals surface area contributed by atoms with Crippen molar-refractivity contribution in [2.45, 2.75) is 0 Å². The molecular weight excluding hydrogens is 422 g/mol. The minimum absolute atomic E-state index is 0.346. The molecule has 1 aromatic heterocycles. The molecule has 150 valence electrons. The molecule has 4 rings (SSSR count). The van der Waals surface area contributed by atoms with Gasteiger partial charge in [0.25, 0.3) is 0 Å². The van der Waals surface area contributed by atoms with Crippen molar-refractivity contribution in [3.63, 3.8) is 0 Å². The molecule has 0 aliphatic rings. The molecule has 0 saturated carbocycles. The number of methoxy groups -OCH3 is 1. The molecule has 1 heterocycles. The number of nitrogens with one attached hydrogen (secondary N) is 2. The van der Waals surface area contributed by atoms with E-state index in [0.717, 1.165) is 20.8 Å². The van der Waals surface area contributed by atoms with Crippen LogP contribution in [0.1, 0.15) is 10.4 Å². The number of thiazole rings is 1. The Balaban J connectivity index is 1.48. The first kappa shape index (κ1) is 19.9. The topological polar surface area (TPSA) is 80.3 Å². The molecule has 0 aliphatic heterocycles. The first-order chi connectivity index (χ1) is 14.5. The van der Waals surface area contributed by atoms with E-state index in [9.17, 15) is 9.59 Å². The van der Waals surface area contributed by atoms with Crippen molar-refractivity contribution in [2.24, 2.45) is 0 Å². The zero-order valence-electron chi connectivity index (χ0n) is 15.8. The Bertz CT molecular complexity index is 1220. The minimum Gasteiger partial charge on any atom is -0.465 e. The average Bonchev–Trinajstić information content (AvgIpc) is 3.17. The summed E-state index contributed by atoms with van der Waals surface area (Å²) in [4.78, 5) is 28.6. The number of carbonyl (C=O) groups excluding carboxylic acids is 2. The predicted molar refractivity (Wildman–Crippen MR) is 120 cm³/mol. The second kappa shape index (κ2) is 8.52. The van der Waals surface area contributed by atoms with Crippen molar-refractivity contribution in [1.82, 2.24) is 4.98 Å². The molecule has 0 saturated heterocycles. The highest BCUT2D eigenvalue weighted by Gasteiger charge is 2.12. The Hall–Kier alpha value is -3.42. The number of nitrogens with zero attached hydrogens (tertiary/aromatic N) is 1. The van der Waals surface area contributed by atoms with Gasteiger partial charge in [-0.05, 0) is 48.5 Å². The standard InChI is InChI=1S/C22H16ClN3O3S/c1-29-21(27)13-5-4-6-14(11-13)24-22(28)25-15-9-10-16(17(23)12-15)20-26-18-7-2-3-8-19(18)30-20/h2-12H,1H3,(H2,24,25,28). The third-order valence-corrected chi connectivity index (χ3v) is 5.68. The highest BCUT2D eigenvalue weighted by Crippen LogP contribution is 2.35. The minimum atomic E-state index is -0.476. The van der Waals surface area contributed by atoms with E-state index in [1.165, 1.54) is 13.2 Å². The van der Waals surface area contributed by atoms with Gasteiger partial charge in [0.1, 0.15) is 5.01 Å². The number of rotatable bonds is 4. The van der Waals surface area contributed by atoms with Crippen molar-refractivity contribution in [1.29, 1.82) is 0 Å². The summed E-state index contributed by atoms with van der Waals surface area (Å²) >= 11 is 8.01. The van der Waals surface area contributed by atoms with Gasteiger partial charge in [0.15, 0.2) is 0 Å². The van der Waals surface area contributed by atoms with Gasteiger partial charge in [0.2, 0.25) is 0 Å². The fourth-order valence-corrected chi connectivity index (χ4v) is 4.22. The van der Waals surface area contributed by atoms with Crippen LogP contribution in [0.25, 0.3) is 20.8 Å². The summed E-state index contributed by atoms with van der Waals surface area (Å²) in [5.41, 5.74) is 3.07. The normalized spacial score (nSPS) is 10.6. The van der Waals surface area contributed by atoms with Gasteiger partial charge in [-0.2, -0.15) is 0 Å². The van der Waals surface area contributed by atoms with Gasteiger partial charge in [-0.15, -0.1) is 11.3 Å². The Morgan fingerprint density at radius 1 is 0.967 bits per heavy atom. The van der Waals surface area contributed by atoms with E-state index < -0.39 is 12.0 Å². The Kier molecular flexibility index (Phi) is 5.65. The van der Waals surface area contributed by atoms with Crippen LogP contribution < -0.4 is 10.6 Å². The van der Waals surface area contributed by atoms with Crippen LogP contribution in [0, 0.1) is 0 Å². The van der Waals surface area contributed by atoms with Crippen LogP contribution in [-0.4, -0.2) is 24.1 Å². The second-order valence-corrected chi connectivity index (χ2v) is 7.77. The van der Waals surface area contributed by atoms with E-state index >= 15 is 0 Å². The summed E-state index contributed by atoms with van der Waals surface area (Å²) in [7, 11) is 1.30. The smallest absolute Gasteiger partial charge is 0.337 e. The Morgan fingerprint density at radius 2 is 1.73 bits per heavy atom. The largest absolute Gasteiger partial charge is 0.465 e. The van der Waals surface area contributed by atoms with Crippen LogP contribution in [0.2, 0.25) is 5.02 Å². The van der Waals surface area contributed by atoms with Gasteiger partial charge < -0.3 is 15.4 Å². The van der Waals surface area contributed by atoms with Crippen molar-refractivity contribution in [3.8, 4) is 10.6 Å². The lowest BCUT2D eigenvalue weighted by Crippen LogP contribution is -2.19. The van der Waals surface area contributed by atoms with Gasteiger partial charge in [-0.25, -0.2) is 14.6 Å². The molecule has 6 nitrogen and oxygen atoms in total. The number of esters is 1. The van der Waals surface area contributed by atoms with E-state index in [1.54, 1.807) is 41.7 Å². The molecule has 0 radical (unpaired) electrons. The molecule has 2 N–H and O–H groups in total. The van der Waals surface area contributed by atoms with E-state index in [4.69, 9.17) is 11.6 Å². The number of aromatic nitrogens is 1. The van der Waals surface area contributed by atoms with E-state index in [0.29, 0.717) is 22.0 Å². The molecule has 0 atom stereocenters. The van der Waals surface area contributed by atoms with E-state index in [1.807, 2.05) is 30.3 Å². The van der Waals surface area contributed by atoms with Crippen LogP contribution in [0.4, 0.5) is 16.2 Å². The van der Waals surface area contributed by atoms with Gasteiger partial charge in [-0.3, -0.25) is 0 Å². The number of carbonyl (C=O) groups is 2. The average molecular weight is 438 g/mol. The van der Waals surface area contributed by atoms with E-state index in [-0.39, 0.29) is 0 Å². The predicted octanol–water partition coefficient (Wildman–Crippen LogP) is 6.05. The van der Waals surface area contributed by atoms with Crippen LogP contribution in [0.15, 0.2) is 66.7 Å². The number of hydrogen-bond donors (Lipinski definition) is 2. The number of halogens is 1. The summed E-state index contributed by atoms with van der Waals surface area (Å²) in [5.74, 6) is -0.476. The van der Waals surface area contributed by atoms with Crippen molar-refractivity contribution in [3.05, 3.63) is 77.3 Å². The maximum absolute atomic E-state index is 12.3. The van der Waals surface area contributed by atoms with Gasteiger partial charge in [0.05, 0.1) is 27.9 Å². The summed E-state index contributed by atoms with van der Waals surface area (Å²) < 4.78 is 5.77. The van der Waals surface area contributed by atoms with Crippen LogP contribution in [-0.2, 0) is 4.74 Å². The quantitative estimate of drug-likeness (QED) is 0.381. The van der Waals surface area contributed by atoms with Crippen molar-refractivity contribution in [2.75, 3.05) is 17.7 Å². The fraction of sp³-hybridized carbons (Fsp3) is 0.0455. The van der Waals surface area contributed by atoms with Crippen molar-refractivity contribution >= 4 is 56.5 Å². The van der Waals surface area contributed by atoms with Gasteiger partial charge in [-0.1, -0.05) is 29.8 Å². The van der Waals surface area contributed by atoms with Gasteiger partial charge in [0, 0.05) is 16.9 Å². The number of benzene rings is 3. The zero-order valence-corrected chi connectivity index (χ0v) is 17.4. The molecule has 0 bridgehead atoms. The van der Waals surface area contributed by atoms with Gasteiger partial charge >= 0.3 is 12.0 Å². The second-order valence-electron chi connectivity index (χ2n) is 6.33. The SMILES string of the molecule is COC(=O)c1cccc(NC(=O)Nc2ccc(-c3nc4ccccc4s3)c(Cl)c2)c1. The maximum Gasteiger partial charge on any atom is 0.337 e. The Labute approximate surface area is 181 Å². The monoisotopic (exact) mass is 437 g/mol. The number of hydrogen-bond acceptors (Lipinski definition) is 5. The van der Waals surface area contributed by atoms with E-state index in [2.05, 4.69) is 20.4 Å². The summed E-state index contributed by atoms with van der Waals surface area (Å²) in [6.45, 7) is 0. The third kappa shape index (κ3) is 4.27. The van der Waals surface area contributed by atoms with Crippen molar-refractivity contribution < 1.29 is 14.3 Å². The summed E-state index contributed by atoms with van der Waals surface area (Å²) in [6.07, 6.45) is 0. The highest BCUT2D eigenvalue weighted by atomic mass is 35.5. The lowest BCUT2D eigenvalue weighted by atomic mass is 10.2. The highest BCUT2D eigenvalue weighted by molar-refractivity contribution is 7.21. The molecule has 4 aromatic rings. The van der Waals surface area contributed by atoms with Crippen LogP contribution >= 0.6 is 22.9 Å². The lowest BCUT2D eigenvalue weighted by molar-refractivity contribution is 0.0600. The number of anilines is 2. The van der Waals surface area contributed by atoms with Crippen LogP contribution in [0.3, 0.4) is 0 Å². The van der Waals surface area contributed by atoms with Crippen LogP contribution in [0.5, 0.6) is 0 Å². The number of para-hydroxylation sites is 1. The lowest BCUT2D eigenvalue weighted by Gasteiger charge is -2.10. The zero-order chi connectivity index (χ0) is 21.1. The maximum atomic E-state index is 12.3. The molecular formula is C22H16ClN3O3S.